The Bertz CT molecular complexity index is 856. The zero-order chi connectivity index (χ0) is 37.0. The molecule has 2 unspecified atom stereocenters. The first-order chi connectivity index (χ1) is 24.1. The van der Waals surface area contributed by atoms with Crippen LogP contribution in [0.3, 0.4) is 0 Å². The third-order valence-electron chi connectivity index (χ3n) is 8.11. The third-order valence-corrected chi connectivity index (χ3v) is 9.69. The van der Waals surface area contributed by atoms with Crippen molar-refractivity contribution < 1.29 is 113 Å². The summed E-state index contributed by atoms with van der Waals surface area (Å²) in [4.78, 5) is 0. The molecule has 0 amide bonds. The summed E-state index contributed by atoms with van der Waals surface area (Å²) < 4.78 is 100. The summed E-state index contributed by atoms with van der Waals surface area (Å²) >= 11 is 0. The van der Waals surface area contributed by atoms with Gasteiger partial charge in [-0.05, 0) is 38.5 Å². The maximum atomic E-state index is 10.9. The molecule has 0 heterocycles. The van der Waals surface area contributed by atoms with Crippen LogP contribution in [0.1, 0.15) is 142 Å². The molecule has 2 atom stereocenters. The predicted octanol–water partition coefficient (Wildman–Crippen LogP) is 0.763. The zero-order valence-electron chi connectivity index (χ0n) is 33.5. The van der Waals surface area contributed by atoms with Crippen LogP contribution in [0.2, 0.25) is 0 Å². The Balaban J connectivity index is -0.0000120. The van der Waals surface area contributed by atoms with Gasteiger partial charge in [0.15, 0.2) is 0 Å². The predicted molar refractivity (Wildman–Crippen MR) is 196 cm³/mol. The summed E-state index contributed by atoms with van der Waals surface area (Å²) in [5.41, 5.74) is 0. The van der Waals surface area contributed by atoms with Crippen molar-refractivity contribution in [1.82, 2.24) is 0 Å². The molecule has 0 aliphatic carbocycles. The van der Waals surface area contributed by atoms with Gasteiger partial charge in [-0.2, -0.15) is 0 Å². The molecule has 0 aliphatic heterocycles. The molecular weight excluding hydrogens is 734 g/mol. The van der Waals surface area contributed by atoms with Crippen molar-refractivity contribution in [3.05, 3.63) is 0 Å². The quantitative estimate of drug-likeness (QED) is 0.0484. The van der Waals surface area contributed by atoms with E-state index in [9.17, 15) is 25.9 Å². The Morgan fingerprint density at radius 2 is 0.635 bits per heavy atom. The molecule has 0 aliphatic rings. The van der Waals surface area contributed by atoms with Crippen molar-refractivity contribution in [2.75, 3.05) is 77.6 Å². The van der Waals surface area contributed by atoms with Crippen molar-refractivity contribution in [1.29, 1.82) is 0 Å². The number of hydrogen-bond donors (Lipinski definition) is 0. The molecule has 0 spiro atoms. The standard InChI is InChI=1S/C36H74O12S2.2Na/c1-3-5-7-9-11-13-15-17-23-43-31-35(47-27-21-29-49(37,38)39)33-45-25-19-20-26-46-34-36(48-28-22-30-50(40,41)42)32-44-24-18-16-14-12-10-8-6-4-2;;/h35-36H,3-34H2,1-2H3,(H,37,38,39)(H,40,41,42);;/q;2*+1/p-2. The van der Waals surface area contributed by atoms with E-state index in [-0.39, 0.29) is 97.4 Å². The molecule has 0 saturated heterocycles. The molecular formula is C36H72Na2O12S2. The van der Waals surface area contributed by atoms with Gasteiger partial charge in [-0.15, -0.1) is 0 Å². The second-order valence-corrected chi connectivity index (χ2v) is 16.2. The fourth-order valence-corrected chi connectivity index (χ4v) is 6.15. The second kappa shape index (κ2) is 42.2. The Morgan fingerprint density at radius 1 is 0.385 bits per heavy atom. The Kier molecular flexibility index (Phi) is 47.0. The van der Waals surface area contributed by atoms with Gasteiger partial charge in [-0.3, -0.25) is 0 Å². The van der Waals surface area contributed by atoms with Crippen LogP contribution in [0.25, 0.3) is 0 Å². The molecule has 0 bridgehead atoms. The largest absolute Gasteiger partial charge is 1.00 e. The van der Waals surface area contributed by atoms with E-state index in [0.29, 0.717) is 52.9 Å². The van der Waals surface area contributed by atoms with Crippen LogP contribution < -0.4 is 59.1 Å². The van der Waals surface area contributed by atoms with E-state index in [1.54, 1.807) is 0 Å². The van der Waals surface area contributed by atoms with Crippen LogP contribution >= 0.6 is 0 Å². The molecule has 12 nitrogen and oxygen atoms in total. The number of ether oxygens (including phenoxy) is 6. The first-order valence-electron chi connectivity index (χ1n) is 19.5. The Hall–Kier alpha value is 1.58. The van der Waals surface area contributed by atoms with E-state index in [1.807, 2.05) is 0 Å². The normalized spacial score (nSPS) is 13.1. The molecule has 0 aromatic rings. The van der Waals surface area contributed by atoms with E-state index < -0.39 is 31.7 Å². The van der Waals surface area contributed by atoms with Crippen LogP contribution in [0, 0.1) is 0 Å². The zero-order valence-corrected chi connectivity index (χ0v) is 39.1. The monoisotopic (exact) mass is 806 g/mol. The van der Waals surface area contributed by atoms with Crippen molar-refractivity contribution in [2.24, 2.45) is 0 Å². The van der Waals surface area contributed by atoms with Crippen molar-refractivity contribution in [3.8, 4) is 0 Å². The van der Waals surface area contributed by atoms with Crippen molar-refractivity contribution in [2.45, 2.75) is 154 Å². The van der Waals surface area contributed by atoms with Crippen LogP contribution in [0.4, 0.5) is 0 Å². The number of rotatable bonds is 41. The van der Waals surface area contributed by atoms with Crippen LogP contribution in [0.15, 0.2) is 0 Å². The van der Waals surface area contributed by atoms with E-state index >= 15 is 0 Å². The smallest absolute Gasteiger partial charge is 0.748 e. The maximum absolute atomic E-state index is 10.9. The summed E-state index contributed by atoms with van der Waals surface area (Å²) in [5.74, 6) is -0.919. The molecule has 302 valence electrons. The van der Waals surface area contributed by atoms with Crippen molar-refractivity contribution >= 4 is 20.2 Å². The number of unbranched alkanes of at least 4 members (excludes halogenated alkanes) is 15. The van der Waals surface area contributed by atoms with Gasteiger partial charge in [-0.25, -0.2) is 16.8 Å². The minimum Gasteiger partial charge on any atom is -0.748 e. The summed E-state index contributed by atoms with van der Waals surface area (Å²) in [6.45, 7) is 8.24. The summed E-state index contributed by atoms with van der Waals surface area (Å²) in [7, 11) is -8.55. The Labute approximate surface area is 362 Å². The van der Waals surface area contributed by atoms with Gasteiger partial charge in [0.05, 0.1) is 46.7 Å². The molecule has 0 aromatic carbocycles. The number of hydrogen-bond acceptors (Lipinski definition) is 12. The molecule has 52 heavy (non-hydrogen) atoms. The van der Waals surface area contributed by atoms with E-state index in [0.717, 1.165) is 38.5 Å². The third kappa shape index (κ3) is 47.7. The van der Waals surface area contributed by atoms with E-state index in [4.69, 9.17) is 28.4 Å². The average Bonchev–Trinajstić information content (AvgIpc) is 3.06. The maximum Gasteiger partial charge on any atom is 1.00 e. The molecule has 0 radical (unpaired) electrons. The first-order valence-corrected chi connectivity index (χ1v) is 22.6. The topological polar surface area (TPSA) is 170 Å². The van der Waals surface area contributed by atoms with Crippen LogP contribution in [-0.2, 0) is 48.7 Å². The minimum absolute atomic E-state index is 0. The fraction of sp³-hybridized carbons (Fsp3) is 1.00. The fourth-order valence-electron chi connectivity index (χ4n) is 5.20. The molecule has 0 rings (SSSR count). The van der Waals surface area contributed by atoms with Gasteiger partial charge in [-0.1, -0.05) is 104 Å². The first kappa shape index (κ1) is 57.9. The van der Waals surface area contributed by atoms with Gasteiger partial charge >= 0.3 is 59.1 Å². The molecule has 0 saturated carbocycles. The van der Waals surface area contributed by atoms with Crippen molar-refractivity contribution in [3.63, 3.8) is 0 Å². The Morgan fingerprint density at radius 3 is 0.904 bits per heavy atom. The van der Waals surface area contributed by atoms with E-state index in [1.165, 1.54) is 77.0 Å². The summed E-state index contributed by atoms with van der Waals surface area (Å²) in [6.07, 6.45) is 20.5. The summed E-state index contributed by atoms with van der Waals surface area (Å²) in [5, 5.41) is 0. The summed E-state index contributed by atoms with van der Waals surface area (Å²) in [6, 6.07) is 0. The van der Waals surface area contributed by atoms with Gasteiger partial charge in [0, 0.05) is 51.1 Å². The molecule has 0 aromatic heterocycles. The van der Waals surface area contributed by atoms with Crippen LogP contribution in [0.5, 0.6) is 0 Å². The van der Waals surface area contributed by atoms with Gasteiger partial charge in [0.25, 0.3) is 0 Å². The average molecular weight is 807 g/mol. The van der Waals surface area contributed by atoms with Gasteiger partial charge < -0.3 is 37.5 Å². The SMILES string of the molecule is CCCCCCCCCCOCC(COCCCCOCC(COCCCCCCCCCC)OCCCS(=O)(=O)[O-])OCCCS(=O)(=O)[O-].[Na+].[Na+]. The second-order valence-electron chi connectivity index (χ2n) is 13.2. The van der Waals surface area contributed by atoms with Gasteiger partial charge in [0.1, 0.15) is 12.2 Å². The van der Waals surface area contributed by atoms with Crippen LogP contribution in [-0.4, -0.2) is 116 Å². The molecule has 16 heteroatoms. The minimum atomic E-state index is -4.27. The van der Waals surface area contributed by atoms with E-state index in [2.05, 4.69) is 13.8 Å². The molecule has 0 N–H and O–H groups in total. The van der Waals surface area contributed by atoms with Gasteiger partial charge in [0.2, 0.25) is 0 Å². The molecule has 0 fully saturated rings.